The minimum atomic E-state index is -5.22. The van der Waals surface area contributed by atoms with Crippen molar-refractivity contribution in [1.82, 2.24) is 0 Å². The molecule has 0 aromatic heterocycles. The maximum atomic E-state index is 12.0. The van der Waals surface area contributed by atoms with Gasteiger partial charge < -0.3 is 15.3 Å². The van der Waals surface area contributed by atoms with E-state index in [-0.39, 0.29) is 0 Å². The Hall–Kier alpha value is -1.81. The number of aliphatic hydroxyl groups excluding tert-OH is 3. The first-order chi connectivity index (χ1) is 10.4. The molecule has 0 fully saturated rings. The van der Waals surface area contributed by atoms with E-state index in [0.717, 1.165) is 0 Å². The number of nitrogens with zero attached hydrogens (tertiary/aromatic N) is 3. The standard InChI is InChI=1S/C6H12N3O13P/c10-4(1-7(13)14)20-23(19,21-5(11)2-8(15)16)22-6(12)3-9(17)18/h4-6,10-12H,1-3H2. The van der Waals surface area contributed by atoms with Gasteiger partial charge in [0, 0.05) is 14.8 Å². The smallest absolute Gasteiger partial charge is 0.362 e. The topological polar surface area (TPSA) is 235 Å². The third kappa shape index (κ3) is 10.5. The Bertz CT molecular complexity index is 418. The molecular formula is C6H12N3O13P. The SMILES string of the molecule is O=[N+]([O-])CC(O)OP(=O)(OC(O)C[N+](=O)[O-])OC(O)C[N+](=O)[O-]. The molecule has 0 aromatic carbocycles. The highest BCUT2D eigenvalue weighted by atomic mass is 31.2. The van der Waals surface area contributed by atoms with Crippen molar-refractivity contribution in [2.24, 2.45) is 0 Å². The van der Waals surface area contributed by atoms with Gasteiger partial charge in [-0.15, -0.1) is 0 Å². The van der Waals surface area contributed by atoms with Gasteiger partial charge in [0.15, 0.2) is 0 Å². The lowest BCUT2D eigenvalue weighted by molar-refractivity contribution is -0.505. The number of phosphoric ester groups is 1. The summed E-state index contributed by atoms with van der Waals surface area (Å²) >= 11 is 0. The van der Waals surface area contributed by atoms with Gasteiger partial charge in [0.2, 0.25) is 18.9 Å². The van der Waals surface area contributed by atoms with Crippen LogP contribution in [0.5, 0.6) is 0 Å². The molecule has 0 heterocycles. The van der Waals surface area contributed by atoms with Crippen LogP contribution in [0.3, 0.4) is 0 Å². The fourth-order valence-corrected chi connectivity index (χ4v) is 2.25. The molecule has 3 atom stereocenters. The number of nitro groups is 3. The first kappa shape index (κ1) is 21.2. The van der Waals surface area contributed by atoms with Gasteiger partial charge in [-0.25, -0.2) is 18.1 Å². The summed E-state index contributed by atoms with van der Waals surface area (Å²) in [6.45, 7) is -3.98. The van der Waals surface area contributed by atoms with Crippen molar-refractivity contribution in [1.29, 1.82) is 0 Å². The van der Waals surface area contributed by atoms with Crippen molar-refractivity contribution in [2.75, 3.05) is 19.6 Å². The van der Waals surface area contributed by atoms with Gasteiger partial charge in [-0.05, 0) is 0 Å². The lowest BCUT2D eigenvalue weighted by Crippen LogP contribution is -2.29. The van der Waals surface area contributed by atoms with E-state index in [0.29, 0.717) is 0 Å². The second kappa shape index (κ2) is 9.36. The summed E-state index contributed by atoms with van der Waals surface area (Å²) in [5.74, 6) is 0. The van der Waals surface area contributed by atoms with Gasteiger partial charge >= 0.3 is 7.82 Å². The van der Waals surface area contributed by atoms with E-state index < -0.39 is 61.1 Å². The lowest BCUT2D eigenvalue weighted by atomic mass is 10.7. The summed E-state index contributed by atoms with van der Waals surface area (Å²) in [5.41, 5.74) is 0. The summed E-state index contributed by atoms with van der Waals surface area (Å²) in [4.78, 5) is 27.1. The Balaban J connectivity index is 5.01. The van der Waals surface area contributed by atoms with Gasteiger partial charge in [-0.1, -0.05) is 0 Å². The average Bonchev–Trinajstić information content (AvgIpc) is 2.22. The number of hydrogen-bond donors (Lipinski definition) is 3. The Kier molecular flexibility index (Phi) is 8.62. The van der Waals surface area contributed by atoms with Gasteiger partial charge in [0.1, 0.15) is 0 Å². The van der Waals surface area contributed by atoms with Crippen LogP contribution in [0.25, 0.3) is 0 Å². The van der Waals surface area contributed by atoms with Crippen molar-refractivity contribution >= 4 is 7.82 Å². The third-order valence-corrected chi connectivity index (χ3v) is 3.17. The lowest BCUT2D eigenvalue weighted by Gasteiger charge is -2.21. The fourth-order valence-electron chi connectivity index (χ4n) is 1.00. The second-order valence-corrected chi connectivity index (χ2v) is 5.20. The quantitative estimate of drug-likeness (QED) is 0.146. The maximum Gasteiger partial charge on any atom is 0.482 e. The molecule has 0 aliphatic carbocycles. The number of rotatable bonds is 12. The molecule has 0 spiro atoms. The largest absolute Gasteiger partial charge is 0.482 e. The van der Waals surface area contributed by atoms with E-state index in [4.69, 9.17) is 15.3 Å². The molecule has 0 radical (unpaired) electrons. The Morgan fingerprint density at radius 2 is 0.957 bits per heavy atom. The third-order valence-electron chi connectivity index (χ3n) is 1.67. The molecule has 0 saturated carbocycles. The van der Waals surface area contributed by atoms with Crippen LogP contribution in [0, 0.1) is 30.3 Å². The molecule has 3 unspecified atom stereocenters. The van der Waals surface area contributed by atoms with Crippen molar-refractivity contribution in [3.63, 3.8) is 0 Å². The highest BCUT2D eigenvalue weighted by Gasteiger charge is 2.39. The van der Waals surface area contributed by atoms with Gasteiger partial charge in [-0.2, -0.15) is 0 Å². The maximum absolute atomic E-state index is 12.0. The van der Waals surface area contributed by atoms with Crippen molar-refractivity contribution in [3.05, 3.63) is 30.3 Å². The van der Waals surface area contributed by atoms with Crippen LogP contribution in [0.4, 0.5) is 0 Å². The van der Waals surface area contributed by atoms with Crippen LogP contribution in [-0.4, -0.2) is 68.6 Å². The van der Waals surface area contributed by atoms with E-state index in [2.05, 4.69) is 13.6 Å². The highest BCUT2D eigenvalue weighted by Crippen LogP contribution is 2.52. The van der Waals surface area contributed by atoms with E-state index >= 15 is 0 Å². The summed E-state index contributed by atoms with van der Waals surface area (Å²) in [6.07, 6.45) is -7.25. The predicted molar refractivity (Wildman–Crippen MR) is 64.5 cm³/mol. The first-order valence-electron chi connectivity index (χ1n) is 5.48. The average molecular weight is 365 g/mol. The second-order valence-electron chi connectivity index (χ2n) is 3.67. The number of phosphoric acid groups is 1. The van der Waals surface area contributed by atoms with Crippen LogP contribution in [0.1, 0.15) is 0 Å². The minimum Gasteiger partial charge on any atom is -0.362 e. The molecule has 134 valence electrons. The van der Waals surface area contributed by atoms with E-state index in [1.807, 2.05) is 0 Å². The molecule has 17 heteroatoms. The normalized spacial score (nSPS) is 17.7. The molecule has 0 bridgehead atoms. The minimum absolute atomic E-state index is 1.10. The van der Waals surface area contributed by atoms with Crippen LogP contribution < -0.4 is 0 Å². The Labute approximate surface area is 126 Å². The number of aliphatic hydroxyl groups is 3. The van der Waals surface area contributed by atoms with E-state index in [1.165, 1.54) is 0 Å². The summed E-state index contributed by atoms with van der Waals surface area (Å²) in [7, 11) is -5.22. The molecule has 0 aliphatic rings. The zero-order valence-electron chi connectivity index (χ0n) is 11.1. The summed E-state index contributed by atoms with van der Waals surface area (Å²) in [5, 5.41) is 57.8. The summed E-state index contributed by atoms with van der Waals surface area (Å²) in [6, 6.07) is 0. The summed E-state index contributed by atoms with van der Waals surface area (Å²) < 4.78 is 24.3. The molecule has 16 nitrogen and oxygen atoms in total. The van der Waals surface area contributed by atoms with Crippen molar-refractivity contribution in [3.8, 4) is 0 Å². The highest BCUT2D eigenvalue weighted by molar-refractivity contribution is 7.48. The Morgan fingerprint density at radius 1 is 0.739 bits per heavy atom. The predicted octanol–water partition coefficient (Wildman–Crippen LogP) is -2.07. The van der Waals surface area contributed by atoms with Crippen LogP contribution in [-0.2, 0) is 18.1 Å². The molecule has 0 saturated heterocycles. The molecule has 0 aliphatic heterocycles. The van der Waals surface area contributed by atoms with Crippen LogP contribution in [0.15, 0.2) is 0 Å². The van der Waals surface area contributed by atoms with Crippen molar-refractivity contribution in [2.45, 2.75) is 18.9 Å². The molecule has 0 amide bonds. The van der Waals surface area contributed by atoms with Crippen LogP contribution >= 0.6 is 7.82 Å². The van der Waals surface area contributed by atoms with Crippen molar-refractivity contribution < 1.29 is 48.2 Å². The van der Waals surface area contributed by atoms with Gasteiger partial charge in [0.05, 0.1) is 0 Å². The molecule has 23 heavy (non-hydrogen) atoms. The van der Waals surface area contributed by atoms with E-state index in [1.54, 1.807) is 0 Å². The molecule has 0 aromatic rings. The monoisotopic (exact) mass is 365 g/mol. The zero-order chi connectivity index (χ0) is 18.2. The van der Waals surface area contributed by atoms with Gasteiger partial charge in [0.25, 0.3) is 19.6 Å². The molecule has 0 rings (SSSR count). The van der Waals surface area contributed by atoms with E-state index in [9.17, 15) is 34.9 Å². The zero-order valence-corrected chi connectivity index (χ0v) is 12.0. The van der Waals surface area contributed by atoms with Gasteiger partial charge in [-0.3, -0.25) is 30.3 Å². The van der Waals surface area contributed by atoms with Crippen LogP contribution in [0.2, 0.25) is 0 Å². The molecular weight excluding hydrogens is 353 g/mol. The Morgan fingerprint density at radius 3 is 1.13 bits per heavy atom. The first-order valence-corrected chi connectivity index (χ1v) is 6.94. The molecule has 3 N–H and O–H groups in total. The number of hydrogen-bond acceptors (Lipinski definition) is 13. The fraction of sp³-hybridized carbons (Fsp3) is 1.00.